The van der Waals surface area contributed by atoms with Gasteiger partial charge >= 0.3 is 0 Å². The summed E-state index contributed by atoms with van der Waals surface area (Å²) in [6, 6.07) is 17.4. The summed E-state index contributed by atoms with van der Waals surface area (Å²) in [7, 11) is 0. The first-order valence-corrected chi connectivity index (χ1v) is 9.63. The zero-order chi connectivity index (χ0) is 19.1. The lowest BCUT2D eigenvalue weighted by molar-refractivity contribution is -0.133. The van der Waals surface area contributed by atoms with Gasteiger partial charge in [0.1, 0.15) is 5.75 Å². The number of rotatable bonds is 7. The summed E-state index contributed by atoms with van der Waals surface area (Å²) in [4.78, 5) is 15.2. The van der Waals surface area contributed by atoms with Gasteiger partial charge in [0.05, 0.1) is 6.04 Å². The SMILES string of the molecule is C=CCC[C@@H]1CCN(Cc2ccc(O)cc2)C(=O)[C@H](Cc2ccccc2)N1. The number of phenols is 1. The lowest BCUT2D eigenvalue weighted by Crippen LogP contribution is -2.46. The number of nitrogens with one attached hydrogen (secondary N) is 1. The lowest BCUT2D eigenvalue weighted by atomic mass is 10.0. The van der Waals surface area contributed by atoms with Crippen molar-refractivity contribution in [3.63, 3.8) is 0 Å². The maximum Gasteiger partial charge on any atom is 0.240 e. The summed E-state index contributed by atoms with van der Waals surface area (Å²) < 4.78 is 0. The van der Waals surface area contributed by atoms with E-state index in [0.29, 0.717) is 19.0 Å². The van der Waals surface area contributed by atoms with Gasteiger partial charge in [-0.3, -0.25) is 4.79 Å². The molecule has 2 atom stereocenters. The molecule has 2 aromatic rings. The van der Waals surface area contributed by atoms with Gasteiger partial charge in [-0.05, 0) is 48.9 Å². The normalized spacial score (nSPS) is 20.3. The van der Waals surface area contributed by atoms with Crippen molar-refractivity contribution in [2.75, 3.05) is 6.54 Å². The third-order valence-electron chi connectivity index (χ3n) is 5.11. The third-order valence-corrected chi connectivity index (χ3v) is 5.11. The number of benzene rings is 2. The number of carbonyl (C=O) groups excluding carboxylic acids is 1. The van der Waals surface area contributed by atoms with Crippen LogP contribution in [0.1, 0.15) is 30.4 Å². The quantitative estimate of drug-likeness (QED) is 0.737. The summed E-state index contributed by atoms with van der Waals surface area (Å²) in [5, 5.41) is 13.1. The largest absolute Gasteiger partial charge is 0.508 e. The average molecular weight is 364 g/mol. The maximum absolute atomic E-state index is 13.2. The van der Waals surface area contributed by atoms with Crippen molar-refractivity contribution in [3.05, 3.63) is 78.4 Å². The Morgan fingerprint density at radius 3 is 2.56 bits per heavy atom. The number of amides is 1. The van der Waals surface area contributed by atoms with Gasteiger partial charge in [0.25, 0.3) is 0 Å². The van der Waals surface area contributed by atoms with Crippen LogP contribution in [-0.4, -0.2) is 34.5 Å². The molecule has 1 fully saturated rings. The summed E-state index contributed by atoms with van der Waals surface area (Å²) >= 11 is 0. The van der Waals surface area contributed by atoms with Crippen molar-refractivity contribution in [3.8, 4) is 5.75 Å². The number of hydrogen-bond acceptors (Lipinski definition) is 3. The van der Waals surface area contributed by atoms with E-state index in [4.69, 9.17) is 0 Å². The monoisotopic (exact) mass is 364 g/mol. The van der Waals surface area contributed by atoms with Crippen LogP contribution in [0.4, 0.5) is 0 Å². The molecule has 1 saturated heterocycles. The molecule has 0 unspecified atom stereocenters. The molecule has 1 aliphatic heterocycles. The van der Waals surface area contributed by atoms with E-state index in [0.717, 1.165) is 36.9 Å². The fraction of sp³-hybridized carbons (Fsp3) is 0.348. The fourth-order valence-corrected chi connectivity index (χ4v) is 3.60. The van der Waals surface area contributed by atoms with Crippen molar-refractivity contribution in [1.82, 2.24) is 10.2 Å². The highest BCUT2D eigenvalue weighted by atomic mass is 16.3. The van der Waals surface area contributed by atoms with E-state index in [9.17, 15) is 9.90 Å². The van der Waals surface area contributed by atoms with Crippen LogP contribution in [-0.2, 0) is 17.8 Å². The first kappa shape index (κ1) is 19.2. The Kier molecular flexibility index (Phi) is 6.66. The lowest BCUT2D eigenvalue weighted by Gasteiger charge is -2.25. The Morgan fingerprint density at radius 1 is 1.11 bits per heavy atom. The molecular weight excluding hydrogens is 336 g/mol. The smallest absolute Gasteiger partial charge is 0.240 e. The number of hydrogen-bond donors (Lipinski definition) is 2. The van der Waals surface area contributed by atoms with Crippen molar-refractivity contribution < 1.29 is 9.90 Å². The second kappa shape index (κ2) is 9.38. The Balaban J connectivity index is 1.76. The van der Waals surface area contributed by atoms with Gasteiger partial charge < -0.3 is 15.3 Å². The highest BCUT2D eigenvalue weighted by molar-refractivity contribution is 5.82. The molecule has 3 rings (SSSR count). The van der Waals surface area contributed by atoms with Crippen LogP contribution in [0.5, 0.6) is 5.75 Å². The number of nitrogens with zero attached hydrogens (tertiary/aromatic N) is 1. The van der Waals surface area contributed by atoms with Gasteiger partial charge in [0, 0.05) is 19.1 Å². The molecule has 1 heterocycles. The molecule has 27 heavy (non-hydrogen) atoms. The number of allylic oxidation sites excluding steroid dienone is 1. The predicted octanol–water partition coefficient (Wildman–Crippen LogP) is 3.66. The minimum Gasteiger partial charge on any atom is -0.508 e. The molecule has 4 nitrogen and oxygen atoms in total. The van der Waals surface area contributed by atoms with Crippen LogP contribution >= 0.6 is 0 Å². The average Bonchev–Trinajstić information content (AvgIpc) is 2.83. The molecule has 4 heteroatoms. The minimum absolute atomic E-state index is 0.146. The van der Waals surface area contributed by atoms with Gasteiger partial charge in [-0.15, -0.1) is 6.58 Å². The number of phenolic OH excluding ortho intramolecular Hbond substituents is 1. The molecule has 0 bridgehead atoms. The van der Waals surface area contributed by atoms with Gasteiger partial charge in [-0.25, -0.2) is 0 Å². The molecule has 2 aromatic carbocycles. The Labute approximate surface area is 161 Å². The van der Waals surface area contributed by atoms with E-state index in [1.54, 1.807) is 12.1 Å². The maximum atomic E-state index is 13.2. The molecular formula is C23H28N2O2. The summed E-state index contributed by atoms with van der Waals surface area (Å²) in [6.07, 6.45) is 5.51. The van der Waals surface area contributed by atoms with Crippen LogP contribution in [0.15, 0.2) is 67.3 Å². The van der Waals surface area contributed by atoms with Crippen molar-refractivity contribution in [2.24, 2.45) is 0 Å². The Morgan fingerprint density at radius 2 is 1.85 bits per heavy atom. The second-order valence-corrected chi connectivity index (χ2v) is 7.19. The van der Waals surface area contributed by atoms with Gasteiger partial charge in [0.15, 0.2) is 0 Å². The van der Waals surface area contributed by atoms with E-state index < -0.39 is 0 Å². The van der Waals surface area contributed by atoms with E-state index >= 15 is 0 Å². The molecule has 1 amide bonds. The van der Waals surface area contributed by atoms with Crippen LogP contribution in [0, 0.1) is 0 Å². The highest BCUT2D eigenvalue weighted by Crippen LogP contribution is 2.18. The first-order chi connectivity index (χ1) is 13.2. The molecule has 142 valence electrons. The van der Waals surface area contributed by atoms with Gasteiger partial charge in [0.2, 0.25) is 5.91 Å². The molecule has 1 aliphatic rings. The zero-order valence-corrected chi connectivity index (χ0v) is 15.7. The van der Waals surface area contributed by atoms with Gasteiger partial charge in [-0.1, -0.05) is 48.5 Å². The van der Waals surface area contributed by atoms with Crippen LogP contribution in [0.25, 0.3) is 0 Å². The summed E-state index contributed by atoms with van der Waals surface area (Å²) in [5.41, 5.74) is 2.20. The van der Waals surface area contributed by atoms with Crippen molar-refractivity contribution in [1.29, 1.82) is 0 Å². The molecule has 0 saturated carbocycles. The van der Waals surface area contributed by atoms with Crippen LogP contribution in [0.2, 0.25) is 0 Å². The predicted molar refractivity (Wildman–Crippen MR) is 108 cm³/mol. The molecule has 0 aromatic heterocycles. The van der Waals surface area contributed by atoms with E-state index in [1.807, 2.05) is 41.3 Å². The molecule has 0 aliphatic carbocycles. The highest BCUT2D eigenvalue weighted by Gasteiger charge is 2.30. The fourth-order valence-electron chi connectivity index (χ4n) is 3.60. The number of aromatic hydroxyl groups is 1. The zero-order valence-electron chi connectivity index (χ0n) is 15.7. The van der Waals surface area contributed by atoms with E-state index in [2.05, 4.69) is 24.0 Å². The Hall–Kier alpha value is -2.59. The van der Waals surface area contributed by atoms with Crippen LogP contribution < -0.4 is 5.32 Å². The number of carbonyl (C=O) groups is 1. The first-order valence-electron chi connectivity index (χ1n) is 9.63. The topological polar surface area (TPSA) is 52.6 Å². The van der Waals surface area contributed by atoms with Crippen molar-refractivity contribution >= 4 is 5.91 Å². The second-order valence-electron chi connectivity index (χ2n) is 7.19. The minimum atomic E-state index is -0.221. The molecule has 0 radical (unpaired) electrons. The van der Waals surface area contributed by atoms with Crippen LogP contribution in [0.3, 0.4) is 0 Å². The van der Waals surface area contributed by atoms with Gasteiger partial charge in [-0.2, -0.15) is 0 Å². The molecule has 0 spiro atoms. The third kappa shape index (κ3) is 5.44. The van der Waals surface area contributed by atoms with E-state index in [-0.39, 0.29) is 17.7 Å². The molecule has 2 N–H and O–H groups in total. The Bertz CT molecular complexity index is 743. The summed E-state index contributed by atoms with van der Waals surface area (Å²) in [5.74, 6) is 0.391. The standard InChI is InChI=1S/C23H28N2O2/c1-2-3-9-20-14-15-25(17-19-10-12-21(26)13-11-19)23(27)22(24-20)16-18-7-5-4-6-8-18/h2,4-8,10-13,20,22,24,26H,1,3,9,14-17H2/t20-,22+/m1/s1. The van der Waals surface area contributed by atoms with Crippen molar-refractivity contribution in [2.45, 2.75) is 44.3 Å². The summed E-state index contributed by atoms with van der Waals surface area (Å²) in [6.45, 7) is 5.13. The van der Waals surface area contributed by atoms with E-state index in [1.165, 1.54) is 0 Å².